The minimum absolute atomic E-state index is 0.536. The Bertz CT molecular complexity index is 294. The smallest absolute Gasteiger partial charge is 0.0402 e. The zero-order chi connectivity index (χ0) is 11.3. The van der Waals surface area contributed by atoms with E-state index in [-0.39, 0.29) is 0 Å². The van der Waals surface area contributed by atoms with E-state index in [1.165, 1.54) is 24.1 Å². The van der Waals surface area contributed by atoms with Crippen molar-refractivity contribution in [2.45, 2.75) is 46.6 Å². The Morgan fingerprint density at radius 1 is 1.27 bits per heavy atom. The van der Waals surface area contributed by atoms with Gasteiger partial charge in [0.1, 0.15) is 0 Å². The first-order chi connectivity index (χ1) is 7.09. The number of nitrogens with one attached hydrogen (secondary N) is 1. The summed E-state index contributed by atoms with van der Waals surface area (Å²) in [5.74, 6) is 0.785. The molecule has 84 valence electrons. The van der Waals surface area contributed by atoms with Crippen molar-refractivity contribution in [2.24, 2.45) is 5.92 Å². The molecule has 2 nitrogen and oxygen atoms in total. The molecule has 0 aliphatic rings. The molecule has 1 aromatic heterocycles. The molecule has 1 N–H and O–H groups in total. The highest BCUT2D eigenvalue weighted by atomic mass is 14.9. The monoisotopic (exact) mass is 206 g/mol. The maximum absolute atomic E-state index is 4.09. The normalized spacial score (nSPS) is 12.9. The number of anilines is 1. The van der Waals surface area contributed by atoms with Crippen molar-refractivity contribution < 1.29 is 0 Å². The zero-order valence-electron chi connectivity index (χ0n) is 10.2. The number of rotatable bonds is 5. The molecule has 2 heteroatoms. The molecule has 1 atom stereocenters. The van der Waals surface area contributed by atoms with Crippen LogP contribution in [-0.2, 0) is 0 Å². The highest BCUT2D eigenvalue weighted by molar-refractivity contribution is 5.49. The van der Waals surface area contributed by atoms with Gasteiger partial charge in [-0.3, -0.25) is 4.98 Å². The van der Waals surface area contributed by atoms with Crippen LogP contribution in [0.15, 0.2) is 18.5 Å². The van der Waals surface area contributed by atoms with Crippen LogP contribution in [0.1, 0.15) is 39.2 Å². The summed E-state index contributed by atoms with van der Waals surface area (Å²) in [6.07, 6.45) is 6.24. The molecule has 0 fully saturated rings. The minimum Gasteiger partial charge on any atom is -0.382 e. The van der Waals surface area contributed by atoms with E-state index < -0.39 is 0 Å². The molecule has 15 heavy (non-hydrogen) atoms. The first kappa shape index (κ1) is 12.0. The van der Waals surface area contributed by atoms with Crippen LogP contribution in [0.5, 0.6) is 0 Å². The number of aryl methyl sites for hydroxylation is 1. The predicted octanol–water partition coefficient (Wildman–Crippen LogP) is 3.63. The Labute approximate surface area is 93.1 Å². The second-order valence-corrected chi connectivity index (χ2v) is 4.71. The number of aromatic nitrogens is 1. The fourth-order valence-electron chi connectivity index (χ4n) is 1.56. The van der Waals surface area contributed by atoms with Gasteiger partial charge in [-0.25, -0.2) is 0 Å². The highest BCUT2D eigenvalue weighted by Gasteiger charge is 2.04. The Kier molecular flexibility index (Phi) is 4.60. The van der Waals surface area contributed by atoms with Crippen LogP contribution in [0.25, 0.3) is 0 Å². The van der Waals surface area contributed by atoms with E-state index >= 15 is 0 Å². The van der Waals surface area contributed by atoms with E-state index in [2.05, 4.69) is 38.0 Å². The average molecular weight is 206 g/mol. The molecule has 0 amide bonds. The van der Waals surface area contributed by atoms with E-state index in [1.54, 1.807) is 0 Å². The van der Waals surface area contributed by atoms with E-state index in [0.29, 0.717) is 6.04 Å². The van der Waals surface area contributed by atoms with Crippen LogP contribution < -0.4 is 5.32 Å². The van der Waals surface area contributed by atoms with Crippen LogP contribution in [0.3, 0.4) is 0 Å². The standard InChI is InChI=1S/C13H22N2/c1-10(2)5-6-12(4)15-13-7-8-14-9-11(13)3/h7-10,12H,5-6H2,1-4H3,(H,14,15). The predicted molar refractivity (Wildman–Crippen MR) is 66.1 cm³/mol. The van der Waals surface area contributed by atoms with Gasteiger partial charge in [0.05, 0.1) is 0 Å². The van der Waals surface area contributed by atoms with Crippen LogP contribution in [-0.4, -0.2) is 11.0 Å². The Hall–Kier alpha value is -1.05. The maximum Gasteiger partial charge on any atom is 0.0402 e. The van der Waals surface area contributed by atoms with Crippen LogP contribution in [0, 0.1) is 12.8 Å². The second kappa shape index (κ2) is 5.74. The fraction of sp³-hybridized carbons (Fsp3) is 0.615. The summed E-state index contributed by atoms with van der Waals surface area (Å²) in [5.41, 5.74) is 2.43. The van der Waals surface area contributed by atoms with Crippen LogP contribution in [0.4, 0.5) is 5.69 Å². The van der Waals surface area contributed by atoms with E-state index in [4.69, 9.17) is 0 Å². The summed E-state index contributed by atoms with van der Waals surface area (Å²) in [5, 5.41) is 3.53. The SMILES string of the molecule is Cc1cnccc1NC(C)CCC(C)C. The first-order valence-corrected chi connectivity index (χ1v) is 5.76. The Morgan fingerprint density at radius 3 is 2.60 bits per heavy atom. The molecule has 0 radical (unpaired) electrons. The molecular weight excluding hydrogens is 184 g/mol. The van der Waals surface area contributed by atoms with Gasteiger partial charge in [0.15, 0.2) is 0 Å². The lowest BCUT2D eigenvalue weighted by Gasteiger charge is -2.17. The van der Waals surface area contributed by atoms with Crippen molar-refractivity contribution >= 4 is 5.69 Å². The molecular formula is C13H22N2. The summed E-state index contributed by atoms with van der Waals surface area (Å²) < 4.78 is 0. The van der Waals surface area contributed by atoms with Gasteiger partial charge in [-0.2, -0.15) is 0 Å². The molecule has 0 saturated carbocycles. The summed E-state index contributed by atoms with van der Waals surface area (Å²) in [6.45, 7) is 8.86. The highest BCUT2D eigenvalue weighted by Crippen LogP contribution is 2.15. The molecule has 0 spiro atoms. The quantitative estimate of drug-likeness (QED) is 0.795. The largest absolute Gasteiger partial charge is 0.382 e. The molecule has 0 aromatic carbocycles. The molecule has 0 bridgehead atoms. The third-order valence-corrected chi connectivity index (χ3v) is 2.60. The minimum atomic E-state index is 0.536. The van der Waals surface area contributed by atoms with Crippen molar-refractivity contribution in [3.63, 3.8) is 0 Å². The first-order valence-electron chi connectivity index (χ1n) is 5.76. The topological polar surface area (TPSA) is 24.9 Å². The lowest BCUT2D eigenvalue weighted by Crippen LogP contribution is -2.16. The van der Waals surface area contributed by atoms with E-state index in [1.807, 2.05) is 18.5 Å². The van der Waals surface area contributed by atoms with Gasteiger partial charge in [-0.15, -0.1) is 0 Å². The van der Waals surface area contributed by atoms with Gasteiger partial charge in [0.2, 0.25) is 0 Å². The van der Waals surface area contributed by atoms with E-state index in [9.17, 15) is 0 Å². The molecule has 1 heterocycles. The molecule has 1 aromatic rings. The zero-order valence-corrected chi connectivity index (χ0v) is 10.2. The number of nitrogens with zero attached hydrogens (tertiary/aromatic N) is 1. The third-order valence-electron chi connectivity index (χ3n) is 2.60. The number of hydrogen-bond donors (Lipinski definition) is 1. The summed E-state index contributed by atoms with van der Waals surface area (Å²) in [6, 6.07) is 2.58. The van der Waals surface area contributed by atoms with Crippen LogP contribution >= 0.6 is 0 Å². The van der Waals surface area contributed by atoms with Crippen molar-refractivity contribution in [3.8, 4) is 0 Å². The van der Waals surface area contributed by atoms with E-state index in [0.717, 1.165) is 5.92 Å². The summed E-state index contributed by atoms with van der Waals surface area (Å²) >= 11 is 0. The van der Waals surface area contributed by atoms with Crippen molar-refractivity contribution in [2.75, 3.05) is 5.32 Å². The molecule has 0 saturated heterocycles. The lowest BCUT2D eigenvalue weighted by molar-refractivity contribution is 0.527. The maximum atomic E-state index is 4.09. The molecule has 0 aliphatic carbocycles. The van der Waals surface area contributed by atoms with Gasteiger partial charge >= 0.3 is 0 Å². The van der Waals surface area contributed by atoms with Gasteiger partial charge in [-0.05, 0) is 44.2 Å². The summed E-state index contributed by atoms with van der Waals surface area (Å²) in [4.78, 5) is 4.09. The number of pyridine rings is 1. The molecule has 1 rings (SSSR count). The lowest BCUT2D eigenvalue weighted by atomic mass is 10.0. The van der Waals surface area contributed by atoms with Gasteiger partial charge in [0.25, 0.3) is 0 Å². The second-order valence-electron chi connectivity index (χ2n) is 4.71. The van der Waals surface area contributed by atoms with Gasteiger partial charge in [0, 0.05) is 24.1 Å². The molecule has 0 aliphatic heterocycles. The summed E-state index contributed by atoms with van der Waals surface area (Å²) in [7, 11) is 0. The fourth-order valence-corrected chi connectivity index (χ4v) is 1.56. The van der Waals surface area contributed by atoms with Crippen molar-refractivity contribution in [3.05, 3.63) is 24.0 Å². The van der Waals surface area contributed by atoms with Gasteiger partial charge in [-0.1, -0.05) is 13.8 Å². The number of hydrogen-bond acceptors (Lipinski definition) is 2. The van der Waals surface area contributed by atoms with Crippen molar-refractivity contribution in [1.29, 1.82) is 0 Å². The van der Waals surface area contributed by atoms with Gasteiger partial charge < -0.3 is 5.32 Å². The Morgan fingerprint density at radius 2 is 2.00 bits per heavy atom. The average Bonchev–Trinajstić information content (AvgIpc) is 2.18. The third kappa shape index (κ3) is 4.32. The van der Waals surface area contributed by atoms with Crippen LogP contribution in [0.2, 0.25) is 0 Å². The van der Waals surface area contributed by atoms with Crippen molar-refractivity contribution in [1.82, 2.24) is 4.98 Å². The molecule has 1 unspecified atom stereocenters. The Balaban J connectivity index is 2.44.